The van der Waals surface area contributed by atoms with Gasteiger partial charge in [-0.2, -0.15) is 0 Å². The minimum Gasteiger partial charge on any atom is -0.497 e. The Hall–Kier alpha value is -2.40. The number of methoxy groups -OCH3 is 1. The first-order valence-electron chi connectivity index (χ1n) is 8.48. The van der Waals surface area contributed by atoms with Gasteiger partial charge in [0.25, 0.3) is 0 Å². The number of halogens is 1. The molecule has 0 aromatic heterocycles. The predicted molar refractivity (Wildman–Crippen MR) is 93.2 cm³/mol. The van der Waals surface area contributed by atoms with Crippen molar-refractivity contribution in [2.45, 2.75) is 31.3 Å². The van der Waals surface area contributed by atoms with Gasteiger partial charge in [-0.15, -0.1) is 0 Å². The summed E-state index contributed by atoms with van der Waals surface area (Å²) < 4.78 is 19.8. The number of carboxylic acid groups (broad SMARTS) is 1. The maximum atomic E-state index is 14.6. The van der Waals surface area contributed by atoms with Gasteiger partial charge in [0.1, 0.15) is 17.6 Å². The number of piperidine rings is 1. The van der Waals surface area contributed by atoms with Gasteiger partial charge in [-0.05, 0) is 43.1 Å². The second-order valence-electron chi connectivity index (χ2n) is 6.28. The molecule has 2 unspecified atom stereocenters. The van der Waals surface area contributed by atoms with Crippen molar-refractivity contribution in [2.24, 2.45) is 0 Å². The van der Waals surface area contributed by atoms with Crippen LogP contribution in [0, 0.1) is 5.82 Å². The van der Waals surface area contributed by atoms with E-state index in [0.29, 0.717) is 24.3 Å². The third kappa shape index (κ3) is 3.66. The topological polar surface area (TPSA) is 49.8 Å². The van der Waals surface area contributed by atoms with Crippen molar-refractivity contribution in [3.63, 3.8) is 0 Å². The van der Waals surface area contributed by atoms with Gasteiger partial charge < -0.3 is 9.84 Å². The number of hydrogen-bond acceptors (Lipinski definition) is 3. The summed E-state index contributed by atoms with van der Waals surface area (Å²) in [6.45, 7) is 0.627. The molecular formula is C20H22FNO3. The molecule has 1 N–H and O–H groups in total. The molecule has 1 aliphatic heterocycles. The fourth-order valence-corrected chi connectivity index (χ4v) is 3.56. The number of nitrogens with zero attached hydrogens (tertiary/aromatic N) is 1. The van der Waals surface area contributed by atoms with Gasteiger partial charge in [0, 0.05) is 5.56 Å². The van der Waals surface area contributed by atoms with E-state index in [1.165, 1.54) is 6.07 Å². The zero-order valence-corrected chi connectivity index (χ0v) is 14.2. The molecule has 132 valence electrons. The third-order valence-electron chi connectivity index (χ3n) is 4.79. The number of benzene rings is 2. The summed E-state index contributed by atoms with van der Waals surface area (Å²) in [5.74, 6) is -0.461. The van der Waals surface area contributed by atoms with Crippen LogP contribution in [0.15, 0.2) is 48.5 Å². The number of ether oxygens (including phenoxy) is 1. The van der Waals surface area contributed by atoms with Crippen LogP contribution in [0.2, 0.25) is 0 Å². The zero-order valence-electron chi connectivity index (χ0n) is 14.2. The minimum absolute atomic E-state index is 0.321. The maximum Gasteiger partial charge on any atom is 0.320 e. The molecule has 4 nitrogen and oxygen atoms in total. The molecule has 2 aromatic rings. The third-order valence-corrected chi connectivity index (χ3v) is 4.79. The number of carbonyl (C=O) groups is 1. The lowest BCUT2D eigenvalue weighted by Crippen LogP contribution is -2.47. The van der Waals surface area contributed by atoms with Gasteiger partial charge >= 0.3 is 5.97 Å². The molecule has 0 bridgehead atoms. The van der Waals surface area contributed by atoms with Crippen molar-refractivity contribution in [1.82, 2.24) is 4.90 Å². The largest absolute Gasteiger partial charge is 0.497 e. The van der Waals surface area contributed by atoms with E-state index in [0.717, 1.165) is 18.4 Å². The highest BCUT2D eigenvalue weighted by Crippen LogP contribution is 2.36. The second kappa shape index (κ2) is 7.66. The van der Waals surface area contributed by atoms with Gasteiger partial charge in [-0.3, -0.25) is 9.69 Å². The lowest BCUT2D eigenvalue weighted by Gasteiger charge is -2.39. The van der Waals surface area contributed by atoms with Crippen LogP contribution in [0.5, 0.6) is 5.75 Å². The molecule has 1 heterocycles. The van der Waals surface area contributed by atoms with Crippen LogP contribution in [0.3, 0.4) is 0 Å². The van der Waals surface area contributed by atoms with E-state index in [9.17, 15) is 14.3 Å². The molecule has 0 saturated carbocycles. The van der Waals surface area contributed by atoms with E-state index in [2.05, 4.69) is 0 Å². The quantitative estimate of drug-likeness (QED) is 0.895. The zero-order chi connectivity index (χ0) is 17.8. The Morgan fingerprint density at radius 1 is 1.20 bits per heavy atom. The van der Waals surface area contributed by atoms with Crippen molar-refractivity contribution >= 4 is 5.97 Å². The monoisotopic (exact) mass is 343 g/mol. The molecule has 5 heteroatoms. The van der Waals surface area contributed by atoms with Crippen molar-refractivity contribution in [3.8, 4) is 5.75 Å². The number of aliphatic carboxylic acids is 1. The van der Waals surface area contributed by atoms with Crippen LogP contribution >= 0.6 is 0 Å². The summed E-state index contributed by atoms with van der Waals surface area (Å²) in [7, 11) is 1.59. The van der Waals surface area contributed by atoms with Crippen LogP contribution in [0.25, 0.3) is 0 Å². The second-order valence-corrected chi connectivity index (χ2v) is 6.28. The van der Waals surface area contributed by atoms with E-state index in [4.69, 9.17) is 4.74 Å². The Morgan fingerprint density at radius 2 is 1.92 bits per heavy atom. The Bertz CT molecular complexity index is 732. The lowest BCUT2D eigenvalue weighted by molar-refractivity contribution is -0.145. The van der Waals surface area contributed by atoms with Gasteiger partial charge in [0.15, 0.2) is 0 Å². The summed E-state index contributed by atoms with van der Waals surface area (Å²) in [6.07, 6.45) is 2.36. The highest BCUT2D eigenvalue weighted by atomic mass is 19.1. The predicted octanol–water partition coefficient (Wildman–Crippen LogP) is 3.86. The molecule has 2 aromatic carbocycles. The smallest absolute Gasteiger partial charge is 0.320 e. The van der Waals surface area contributed by atoms with E-state index >= 15 is 0 Å². The molecule has 2 atom stereocenters. The van der Waals surface area contributed by atoms with Gasteiger partial charge in [0.05, 0.1) is 13.2 Å². The van der Waals surface area contributed by atoms with Crippen molar-refractivity contribution < 1.29 is 19.0 Å². The Kier molecular flexibility index (Phi) is 5.34. The standard InChI is InChI=1S/C20H22FNO3/c1-25-15-11-9-14(10-12-15)19(16-6-2-3-7-17(16)21)22-13-5-4-8-18(22)20(23)24/h2-3,6-7,9-12,18-19H,4-5,8,13H2,1H3,(H,23,24). The van der Waals surface area contributed by atoms with Crippen LogP contribution in [-0.4, -0.2) is 35.7 Å². The fraction of sp³-hybridized carbons (Fsp3) is 0.350. The molecule has 1 fully saturated rings. The molecule has 25 heavy (non-hydrogen) atoms. The average molecular weight is 343 g/mol. The average Bonchev–Trinajstić information content (AvgIpc) is 2.64. The van der Waals surface area contributed by atoms with Crippen molar-refractivity contribution in [2.75, 3.05) is 13.7 Å². The summed E-state index contributed by atoms with van der Waals surface area (Å²) in [5.41, 5.74) is 1.36. The number of rotatable bonds is 5. The summed E-state index contributed by atoms with van der Waals surface area (Å²) in [6, 6.07) is 12.9. The Balaban J connectivity index is 2.07. The summed E-state index contributed by atoms with van der Waals surface area (Å²) >= 11 is 0. The maximum absolute atomic E-state index is 14.6. The van der Waals surface area contributed by atoms with Crippen molar-refractivity contribution in [1.29, 1.82) is 0 Å². The highest BCUT2D eigenvalue weighted by Gasteiger charge is 2.36. The Morgan fingerprint density at radius 3 is 2.56 bits per heavy atom. The SMILES string of the molecule is COc1ccc(C(c2ccccc2F)N2CCCCC2C(=O)O)cc1. The molecular weight excluding hydrogens is 321 g/mol. The summed E-state index contributed by atoms with van der Waals surface area (Å²) in [4.78, 5) is 13.7. The van der Waals surface area contributed by atoms with Crippen LogP contribution in [0.4, 0.5) is 4.39 Å². The minimum atomic E-state index is -0.852. The van der Waals surface area contributed by atoms with E-state index in [1.54, 1.807) is 25.3 Å². The molecule has 3 rings (SSSR count). The fourth-order valence-electron chi connectivity index (χ4n) is 3.56. The molecule has 0 radical (unpaired) electrons. The van der Waals surface area contributed by atoms with Crippen LogP contribution < -0.4 is 4.74 Å². The molecule has 0 spiro atoms. The molecule has 1 aliphatic rings. The summed E-state index contributed by atoms with van der Waals surface area (Å²) in [5, 5.41) is 9.65. The number of carboxylic acids is 1. The van der Waals surface area contributed by atoms with E-state index < -0.39 is 18.1 Å². The highest BCUT2D eigenvalue weighted by molar-refractivity contribution is 5.73. The van der Waals surface area contributed by atoms with Crippen LogP contribution in [0.1, 0.15) is 36.4 Å². The number of hydrogen-bond donors (Lipinski definition) is 1. The first kappa shape index (κ1) is 17.4. The van der Waals surface area contributed by atoms with Crippen LogP contribution in [-0.2, 0) is 4.79 Å². The van der Waals surface area contributed by atoms with E-state index in [1.807, 2.05) is 29.2 Å². The van der Waals surface area contributed by atoms with Gasteiger partial charge in [-0.25, -0.2) is 4.39 Å². The first-order valence-corrected chi connectivity index (χ1v) is 8.48. The molecule has 0 aliphatic carbocycles. The van der Waals surface area contributed by atoms with E-state index in [-0.39, 0.29) is 5.82 Å². The Labute approximate surface area is 146 Å². The molecule has 0 amide bonds. The van der Waals surface area contributed by atoms with Crippen molar-refractivity contribution in [3.05, 3.63) is 65.5 Å². The lowest BCUT2D eigenvalue weighted by atomic mass is 9.91. The normalized spacial score (nSPS) is 19.4. The van der Waals surface area contributed by atoms with Gasteiger partial charge in [0.2, 0.25) is 0 Å². The van der Waals surface area contributed by atoms with Gasteiger partial charge in [-0.1, -0.05) is 36.8 Å². The molecule has 1 saturated heterocycles. The first-order chi connectivity index (χ1) is 12.1. The number of likely N-dealkylation sites (tertiary alicyclic amines) is 1.